The molecule has 0 spiro atoms. The Labute approximate surface area is 197 Å². The smallest absolute Gasteiger partial charge is 0.263 e. The molecule has 3 aromatic rings. The zero-order chi connectivity index (χ0) is 22.7. The van der Waals surface area contributed by atoms with E-state index in [1.54, 1.807) is 34.5 Å². The van der Waals surface area contributed by atoms with Gasteiger partial charge in [0.2, 0.25) is 5.91 Å². The minimum atomic E-state index is -3.75. The first-order valence-corrected chi connectivity index (χ1v) is 12.6. The van der Waals surface area contributed by atoms with Gasteiger partial charge in [-0.3, -0.25) is 9.52 Å². The average Bonchev–Trinajstić information content (AvgIpc) is 3.40. The SMILES string of the molecule is O=C1[C@@H](NCCc2c(F)cccc2Cl)CCN1c1ccc(S(=O)(=O)Nc2nccs2)cc1.[HH].[HH]. The summed E-state index contributed by atoms with van der Waals surface area (Å²) in [6, 6.07) is 10.3. The molecule has 4 rings (SSSR count). The Morgan fingerprint density at radius 2 is 2.03 bits per heavy atom. The van der Waals surface area contributed by atoms with Crippen LogP contribution in [0, 0.1) is 5.82 Å². The molecule has 1 saturated heterocycles. The minimum Gasteiger partial charge on any atom is -0.311 e. The van der Waals surface area contributed by atoms with E-state index in [-0.39, 0.29) is 24.6 Å². The van der Waals surface area contributed by atoms with E-state index in [9.17, 15) is 17.6 Å². The van der Waals surface area contributed by atoms with Crippen molar-refractivity contribution in [3.05, 3.63) is 70.4 Å². The molecule has 0 bridgehead atoms. The Morgan fingerprint density at radius 1 is 1.25 bits per heavy atom. The highest BCUT2D eigenvalue weighted by Gasteiger charge is 2.32. The van der Waals surface area contributed by atoms with Crippen molar-refractivity contribution in [2.24, 2.45) is 0 Å². The van der Waals surface area contributed by atoms with E-state index in [0.717, 1.165) is 0 Å². The fourth-order valence-electron chi connectivity index (χ4n) is 3.52. The average molecular weight is 499 g/mol. The normalized spacial score (nSPS) is 16.5. The number of thiazole rings is 1. The van der Waals surface area contributed by atoms with Gasteiger partial charge in [-0.1, -0.05) is 17.7 Å². The highest BCUT2D eigenvalue weighted by Crippen LogP contribution is 2.25. The van der Waals surface area contributed by atoms with Gasteiger partial charge in [-0.2, -0.15) is 0 Å². The van der Waals surface area contributed by atoms with Gasteiger partial charge in [0.05, 0.1) is 10.9 Å². The molecule has 2 heterocycles. The molecular weight excluding hydrogens is 475 g/mol. The van der Waals surface area contributed by atoms with Crippen LogP contribution in [-0.4, -0.2) is 38.4 Å². The van der Waals surface area contributed by atoms with Gasteiger partial charge in [-0.05, 0) is 49.2 Å². The number of carbonyl (C=O) groups is 1. The molecule has 1 fully saturated rings. The lowest BCUT2D eigenvalue weighted by Gasteiger charge is -2.18. The van der Waals surface area contributed by atoms with Crippen molar-refractivity contribution in [3.8, 4) is 0 Å². The van der Waals surface area contributed by atoms with Gasteiger partial charge in [0.1, 0.15) is 5.82 Å². The van der Waals surface area contributed by atoms with Crippen LogP contribution >= 0.6 is 22.9 Å². The van der Waals surface area contributed by atoms with Gasteiger partial charge in [-0.15, -0.1) is 11.3 Å². The number of nitrogens with one attached hydrogen (secondary N) is 2. The maximum atomic E-state index is 13.9. The molecule has 1 amide bonds. The largest absolute Gasteiger partial charge is 0.311 e. The number of nitrogens with zero attached hydrogens (tertiary/aromatic N) is 2. The first kappa shape index (κ1) is 22.7. The molecule has 11 heteroatoms. The summed E-state index contributed by atoms with van der Waals surface area (Å²) in [4.78, 5) is 18.4. The zero-order valence-electron chi connectivity index (χ0n) is 16.8. The number of benzene rings is 2. The van der Waals surface area contributed by atoms with Crippen LogP contribution in [0.15, 0.2) is 58.9 Å². The number of hydrogen-bond acceptors (Lipinski definition) is 6. The molecule has 2 aromatic carbocycles. The molecule has 1 aromatic heterocycles. The summed E-state index contributed by atoms with van der Waals surface area (Å²) < 4.78 is 41.2. The van der Waals surface area contributed by atoms with Crippen LogP contribution in [0.2, 0.25) is 5.02 Å². The van der Waals surface area contributed by atoms with Gasteiger partial charge in [0, 0.05) is 43.8 Å². The molecule has 1 aliphatic heterocycles. The van der Waals surface area contributed by atoms with Crippen molar-refractivity contribution in [3.63, 3.8) is 0 Å². The second-order valence-electron chi connectivity index (χ2n) is 7.17. The Morgan fingerprint density at radius 3 is 2.72 bits per heavy atom. The van der Waals surface area contributed by atoms with Crippen molar-refractivity contribution in [1.29, 1.82) is 0 Å². The summed E-state index contributed by atoms with van der Waals surface area (Å²) in [5.74, 6) is -0.473. The Hall–Kier alpha value is -2.53. The van der Waals surface area contributed by atoms with E-state index < -0.39 is 16.1 Å². The van der Waals surface area contributed by atoms with Crippen LogP contribution in [0.25, 0.3) is 0 Å². The van der Waals surface area contributed by atoms with Crippen LogP contribution < -0.4 is 14.9 Å². The summed E-state index contributed by atoms with van der Waals surface area (Å²) in [5, 5.41) is 5.49. The van der Waals surface area contributed by atoms with Crippen molar-refractivity contribution in [2.75, 3.05) is 22.7 Å². The van der Waals surface area contributed by atoms with E-state index in [0.29, 0.717) is 42.2 Å². The quantitative estimate of drug-likeness (QED) is 0.486. The number of anilines is 2. The standard InChI is InChI=1S/C21H20ClFN4O3S2.2H2/c22-17-2-1-3-18(23)16(17)8-10-24-19-9-12-27(20(19)28)14-4-6-15(7-5-14)32(29,30)26-21-25-11-13-31-21;;/h1-7,11,13,19,24H,8-10,12H2,(H,25,26);2*1H/t19-;;/m0../s1. The van der Waals surface area contributed by atoms with Gasteiger partial charge in [0.25, 0.3) is 10.0 Å². The van der Waals surface area contributed by atoms with Crippen molar-refractivity contribution in [2.45, 2.75) is 23.8 Å². The van der Waals surface area contributed by atoms with E-state index >= 15 is 0 Å². The number of carbonyl (C=O) groups excluding carboxylic acids is 1. The van der Waals surface area contributed by atoms with Gasteiger partial charge in [-0.25, -0.2) is 17.8 Å². The third-order valence-electron chi connectivity index (χ3n) is 5.15. The maximum absolute atomic E-state index is 13.9. The predicted molar refractivity (Wildman–Crippen MR) is 127 cm³/mol. The van der Waals surface area contributed by atoms with Crippen LogP contribution in [0.4, 0.5) is 15.2 Å². The molecule has 172 valence electrons. The van der Waals surface area contributed by atoms with E-state index in [4.69, 9.17) is 11.6 Å². The second-order valence-corrected chi connectivity index (χ2v) is 10.2. The monoisotopic (exact) mass is 498 g/mol. The Balaban J connectivity index is 0.00000204. The summed E-state index contributed by atoms with van der Waals surface area (Å²) in [5.41, 5.74) is 1.04. The number of aromatic nitrogens is 1. The molecule has 32 heavy (non-hydrogen) atoms. The molecule has 0 radical (unpaired) electrons. The number of hydrogen-bond donors (Lipinski definition) is 2. The topological polar surface area (TPSA) is 91.4 Å². The van der Waals surface area contributed by atoms with E-state index in [1.807, 2.05) is 0 Å². The molecule has 2 N–H and O–H groups in total. The van der Waals surface area contributed by atoms with Crippen LogP contribution in [-0.2, 0) is 21.2 Å². The van der Waals surface area contributed by atoms with Gasteiger partial charge in [0.15, 0.2) is 5.13 Å². The molecule has 7 nitrogen and oxygen atoms in total. The molecule has 0 aliphatic carbocycles. The maximum Gasteiger partial charge on any atom is 0.263 e. The Bertz CT molecular complexity index is 1200. The molecule has 0 unspecified atom stereocenters. The summed E-state index contributed by atoms with van der Waals surface area (Å²) >= 11 is 7.23. The summed E-state index contributed by atoms with van der Waals surface area (Å²) in [7, 11) is -3.75. The lowest BCUT2D eigenvalue weighted by atomic mass is 10.1. The summed E-state index contributed by atoms with van der Waals surface area (Å²) in [6.07, 6.45) is 2.48. The van der Waals surface area contributed by atoms with Crippen LogP contribution in [0.3, 0.4) is 0 Å². The van der Waals surface area contributed by atoms with Crippen molar-refractivity contribution >= 4 is 49.7 Å². The van der Waals surface area contributed by atoms with Crippen LogP contribution in [0.1, 0.15) is 14.8 Å². The molecule has 1 atom stereocenters. The zero-order valence-corrected chi connectivity index (χ0v) is 19.2. The minimum absolute atomic E-state index is 0. The lowest BCUT2D eigenvalue weighted by molar-refractivity contribution is -0.118. The lowest BCUT2D eigenvalue weighted by Crippen LogP contribution is -2.39. The van der Waals surface area contributed by atoms with E-state index in [2.05, 4.69) is 15.0 Å². The highest BCUT2D eigenvalue weighted by molar-refractivity contribution is 7.93. The number of halogens is 2. The summed E-state index contributed by atoms with van der Waals surface area (Å²) in [6.45, 7) is 0.908. The third kappa shape index (κ3) is 4.93. The number of sulfonamides is 1. The fraction of sp³-hybridized carbons (Fsp3) is 0.238. The van der Waals surface area contributed by atoms with Gasteiger partial charge >= 0.3 is 0 Å². The predicted octanol–water partition coefficient (Wildman–Crippen LogP) is 4.17. The Kier molecular flexibility index (Phi) is 6.75. The fourth-order valence-corrected chi connectivity index (χ4v) is 5.57. The van der Waals surface area contributed by atoms with Gasteiger partial charge < -0.3 is 10.2 Å². The molecule has 1 aliphatic rings. The van der Waals surface area contributed by atoms with Crippen molar-refractivity contribution < 1.29 is 20.5 Å². The number of rotatable bonds is 8. The van der Waals surface area contributed by atoms with Crippen LogP contribution in [0.5, 0.6) is 0 Å². The second kappa shape index (κ2) is 9.53. The third-order valence-corrected chi connectivity index (χ3v) is 7.67. The molecular formula is C21H24ClFN4O3S2. The first-order chi connectivity index (χ1) is 15.3. The number of amides is 1. The first-order valence-electron chi connectivity index (χ1n) is 9.85. The highest BCUT2D eigenvalue weighted by atomic mass is 35.5. The van der Waals surface area contributed by atoms with Crippen molar-refractivity contribution in [1.82, 2.24) is 10.3 Å². The van der Waals surface area contributed by atoms with E-state index in [1.165, 1.54) is 35.7 Å². The molecule has 0 saturated carbocycles.